The zero-order chi connectivity index (χ0) is 61.5. The van der Waals surface area contributed by atoms with Gasteiger partial charge in [0.1, 0.15) is 28.9 Å². The SMILES string of the molecule is CC1(C)CCC(CN2CCN(c3ccc(C(=O)NS(=O)(=O)c4ccc(NCC5CCN(CCOCCOCCSc6cccc7c6CN(C6CCC(=O)NC6=O)C7=O)CC5)c([N+](=O)[O-])c4)c(Oc4cnc5[nH]ccc5c4)c3)CC2)=C(c2ccc(Cl)cc2)C1. The number of hydrogen-bond donors (Lipinski definition) is 4. The highest BCUT2D eigenvalue weighted by Gasteiger charge is 2.40. The number of fused-ring (bicyclic) bond motifs is 2. The Hall–Kier alpha value is -7.38. The predicted molar refractivity (Wildman–Crippen MR) is 338 cm³/mol. The van der Waals surface area contributed by atoms with Crippen LogP contribution in [-0.2, 0) is 35.6 Å². The molecule has 5 aliphatic rings. The number of carbonyl (C=O) groups is 4. The number of piperazine rings is 1. The van der Waals surface area contributed by atoms with Crippen molar-refractivity contribution in [2.75, 3.05) is 101 Å². The molecule has 21 nitrogen and oxygen atoms in total. The number of ether oxygens (including phenoxy) is 3. The molecule has 1 unspecified atom stereocenters. The first-order valence-electron chi connectivity index (χ1n) is 30.0. The second kappa shape index (κ2) is 27.6. The second-order valence-electron chi connectivity index (χ2n) is 23.9. The molecule has 2 aromatic heterocycles. The minimum atomic E-state index is -4.63. The van der Waals surface area contributed by atoms with E-state index in [-0.39, 0.29) is 46.6 Å². The Labute approximate surface area is 521 Å². The maximum atomic E-state index is 14.2. The van der Waals surface area contributed by atoms with Gasteiger partial charge < -0.3 is 39.2 Å². The summed E-state index contributed by atoms with van der Waals surface area (Å²) in [6.07, 6.45) is 8.64. The molecule has 4 N–H and O–H groups in total. The second-order valence-corrected chi connectivity index (χ2v) is 27.1. The highest BCUT2D eigenvalue weighted by atomic mass is 35.5. The van der Waals surface area contributed by atoms with Crippen LogP contribution in [0.25, 0.3) is 16.6 Å². The number of imide groups is 1. The number of pyridine rings is 1. The van der Waals surface area contributed by atoms with Crippen molar-refractivity contribution >= 4 is 90.7 Å². The molecule has 3 fully saturated rings. The van der Waals surface area contributed by atoms with Crippen LogP contribution in [0.15, 0.2) is 119 Å². The van der Waals surface area contributed by atoms with Gasteiger partial charge in [-0.3, -0.25) is 39.5 Å². The predicted octanol–water partition coefficient (Wildman–Crippen LogP) is 9.53. The third-order valence-electron chi connectivity index (χ3n) is 17.3. The van der Waals surface area contributed by atoms with E-state index in [0.29, 0.717) is 81.7 Å². The average molecular weight is 1260 g/mol. The number of nitrogens with zero attached hydrogens (tertiary/aromatic N) is 6. The highest BCUT2D eigenvalue weighted by Crippen LogP contribution is 2.44. The molecule has 88 heavy (non-hydrogen) atoms. The lowest BCUT2D eigenvalue weighted by atomic mass is 9.72. The van der Waals surface area contributed by atoms with Gasteiger partial charge in [-0.15, -0.1) is 11.8 Å². The monoisotopic (exact) mass is 1260 g/mol. The molecule has 4 amide bonds. The summed E-state index contributed by atoms with van der Waals surface area (Å²) in [5, 5.41) is 19.5. The van der Waals surface area contributed by atoms with Crippen LogP contribution in [0.5, 0.6) is 11.5 Å². The van der Waals surface area contributed by atoms with Crippen molar-refractivity contribution in [1.29, 1.82) is 0 Å². The molecule has 4 aromatic carbocycles. The lowest BCUT2D eigenvalue weighted by Gasteiger charge is -2.39. The number of piperidine rings is 2. The number of hydrogen-bond acceptors (Lipinski definition) is 17. The summed E-state index contributed by atoms with van der Waals surface area (Å²) >= 11 is 7.87. The number of allylic oxidation sites excluding steroid dienone is 1. The fourth-order valence-electron chi connectivity index (χ4n) is 12.3. The number of aromatic amines is 1. The van der Waals surface area contributed by atoms with Crippen LogP contribution in [0.1, 0.15) is 90.6 Å². The number of anilines is 2. The molecule has 1 aliphatic carbocycles. The van der Waals surface area contributed by atoms with Gasteiger partial charge in [0.05, 0.1) is 48.0 Å². The van der Waals surface area contributed by atoms with Crippen LogP contribution in [0.4, 0.5) is 17.1 Å². The van der Waals surface area contributed by atoms with E-state index in [9.17, 15) is 37.7 Å². The molecule has 0 spiro atoms. The van der Waals surface area contributed by atoms with Crippen LogP contribution < -0.4 is 25.0 Å². The number of thioether (sulfide) groups is 1. The number of benzene rings is 4. The van der Waals surface area contributed by atoms with Crippen molar-refractivity contribution in [2.24, 2.45) is 11.3 Å². The summed E-state index contributed by atoms with van der Waals surface area (Å²) in [7, 11) is -4.63. The third kappa shape index (κ3) is 15.0. The van der Waals surface area contributed by atoms with Crippen LogP contribution in [-0.4, -0.2) is 159 Å². The highest BCUT2D eigenvalue weighted by molar-refractivity contribution is 7.99. The van der Waals surface area contributed by atoms with Crippen molar-refractivity contribution in [2.45, 2.75) is 81.2 Å². The Morgan fingerprint density at radius 3 is 2.44 bits per heavy atom. The molecular weight excluding hydrogens is 1180 g/mol. The standard InChI is InChI=1S/C64H73ClN10O11S2/c1-64(2)20-16-45(52(37-64)43-6-8-46(65)9-7-43)40-72-24-26-73(27-25-72)47-10-12-51(57(35-47)86-48-34-44-17-21-66-60(44)68-39-48)61(77)70-88(82,83)49-11-13-54(56(36-49)75(80)81)67-38-42-18-22-71(23-19-42)28-29-84-30-31-85-32-33-87-58-5-3-4-50-53(58)41-74(63(50)79)55-14-15-59(76)69-62(55)78/h3-13,17,21,34-36,39,42,55,67H,14-16,18-20,22-33,37-38,40-41H2,1-2H3,(H,66,68)(H,70,77)(H,69,76,78). The first-order valence-corrected chi connectivity index (χ1v) is 32.8. The number of amides is 4. The van der Waals surface area contributed by atoms with Gasteiger partial charge in [0.25, 0.3) is 27.5 Å². The van der Waals surface area contributed by atoms with Crippen molar-refractivity contribution < 1.29 is 46.7 Å². The van der Waals surface area contributed by atoms with Crippen molar-refractivity contribution in [1.82, 2.24) is 34.7 Å². The van der Waals surface area contributed by atoms with Crippen molar-refractivity contribution in [3.05, 3.63) is 146 Å². The Kier molecular flexibility index (Phi) is 19.5. The zero-order valence-corrected chi connectivity index (χ0v) is 51.8. The molecule has 6 aromatic rings. The van der Waals surface area contributed by atoms with E-state index >= 15 is 0 Å². The van der Waals surface area contributed by atoms with Gasteiger partial charge in [-0.25, -0.2) is 18.1 Å². The number of nitrogens with one attached hydrogen (secondary N) is 4. The van der Waals surface area contributed by atoms with E-state index in [1.54, 1.807) is 53.2 Å². The topological polar surface area (TPSA) is 251 Å². The molecule has 1 atom stereocenters. The summed E-state index contributed by atoms with van der Waals surface area (Å²) in [6.45, 7) is 13.6. The smallest absolute Gasteiger partial charge is 0.293 e. The Morgan fingerprint density at radius 2 is 1.67 bits per heavy atom. The summed E-state index contributed by atoms with van der Waals surface area (Å²) in [6, 6.07) is 25.3. The molecule has 464 valence electrons. The van der Waals surface area contributed by atoms with E-state index < -0.39 is 43.4 Å². The normalized spacial score (nSPS) is 18.6. The zero-order valence-electron chi connectivity index (χ0n) is 49.4. The number of nitro benzene ring substituents is 1. The number of H-pyrrole nitrogens is 1. The number of likely N-dealkylation sites (tertiary alicyclic amines) is 1. The van der Waals surface area contributed by atoms with E-state index in [1.807, 2.05) is 30.3 Å². The van der Waals surface area contributed by atoms with Gasteiger partial charge in [0.2, 0.25) is 11.8 Å². The number of carbonyl (C=O) groups excluding carboxylic acids is 4. The van der Waals surface area contributed by atoms with Gasteiger partial charge >= 0.3 is 0 Å². The molecule has 4 aliphatic heterocycles. The van der Waals surface area contributed by atoms with Gasteiger partial charge in [0.15, 0.2) is 0 Å². The Balaban J connectivity index is 0.637. The maximum absolute atomic E-state index is 14.2. The summed E-state index contributed by atoms with van der Waals surface area (Å²) < 4.78 is 48.2. The van der Waals surface area contributed by atoms with Gasteiger partial charge in [-0.2, -0.15) is 0 Å². The summed E-state index contributed by atoms with van der Waals surface area (Å²) in [5.41, 5.74) is 6.87. The largest absolute Gasteiger partial charge is 0.455 e. The van der Waals surface area contributed by atoms with Crippen LogP contribution in [0.3, 0.4) is 0 Å². The van der Waals surface area contributed by atoms with E-state index in [2.05, 4.69) is 66.0 Å². The number of halogens is 1. The molecule has 6 heterocycles. The van der Waals surface area contributed by atoms with Gasteiger partial charge in [0, 0.05) is 109 Å². The number of aromatic nitrogens is 2. The van der Waals surface area contributed by atoms with Crippen molar-refractivity contribution in [3.63, 3.8) is 0 Å². The number of nitro groups is 1. The lowest BCUT2D eigenvalue weighted by molar-refractivity contribution is -0.384. The van der Waals surface area contributed by atoms with E-state index in [4.69, 9.17) is 25.8 Å². The lowest BCUT2D eigenvalue weighted by Crippen LogP contribution is -2.52. The van der Waals surface area contributed by atoms with Gasteiger partial charge in [-0.05, 0) is 140 Å². The molecule has 11 rings (SSSR count). The van der Waals surface area contributed by atoms with Crippen LogP contribution in [0, 0.1) is 21.4 Å². The first-order chi connectivity index (χ1) is 42.4. The van der Waals surface area contributed by atoms with Crippen LogP contribution in [0.2, 0.25) is 5.02 Å². The van der Waals surface area contributed by atoms with E-state index in [1.165, 1.54) is 35.0 Å². The molecule has 3 saturated heterocycles. The van der Waals surface area contributed by atoms with Crippen molar-refractivity contribution in [3.8, 4) is 11.5 Å². The molecule has 0 bridgehead atoms. The van der Waals surface area contributed by atoms with Crippen LogP contribution >= 0.6 is 23.4 Å². The first kappa shape index (κ1) is 62.2. The molecular formula is C64H73ClN10O11S2. The Bertz CT molecular complexity index is 3730. The van der Waals surface area contributed by atoms with Gasteiger partial charge in [-0.1, -0.05) is 49.2 Å². The Morgan fingerprint density at radius 1 is 0.886 bits per heavy atom. The third-order valence-corrected chi connectivity index (χ3v) is 19.9. The summed E-state index contributed by atoms with van der Waals surface area (Å²) in [4.78, 5) is 79.9. The number of rotatable bonds is 24. The molecule has 0 radical (unpaired) electrons. The minimum Gasteiger partial charge on any atom is -0.455 e. The molecule has 0 saturated carbocycles. The minimum absolute atomic E-state index is 0.0561. The van der Waals surface area contributed by atoms with E-state index in [0.717, 1.165) is 104 Å². The summed E-state index contributed by atoms with van der Waals surface area (Å²) in [5.74, 6) is -0.587. The maximum Gasteiger partial charge on any atom is 0.293 e. The number of sulfonamides is 1. The average Bonchev–Trinajstić information content (AvgIpc) is 2.92. The quantitative estimate of drug-likeness (QED) is 0.0145. The fraction of sp³-hybridized carbons (Fsp3) is 0.422. The fourth-order valence-corrected chi connectivity index (χ4v) is 14.3. The molecule has 24 heteroatoms.